The summed E-state index contributed by atoms with van der Waals surface area (Å²) >= 11 is 0. The summed E-state index contributed by atoms with van der Waals surface area (Å²) in [7, 11) is 0. The van der Waals surface area contributed by atoms with Gasteiger partial charge in [-0.3, -0.25) is 14.9 Å². The van der Waals surface area contributed by atoms with E-state index in [1.54, 1.807) is 4.90 Å². The second-order valence-electron chi connectivity index (χ2n) is 6.42. The quantitative estimate of drug-likeness (QED) is 0.585. The van der Waals surface area contributed by atoms with E-state index >= 15 is 0 Å². The Morgan fingerprint density at radius 2 is 1.73 bits per heavy atom. The molecular formula is C19H22N3O4+. The highest BCUT2D eigenvalue weighted by Crippen LogP contribution is 2.17. The van der Waals surface area contributed by atoms with Gasteiger partial charge in [0.25, 0.3) is 11.6 Å². The number of benzene rings is 2. The second-order valence-corrected chi connectivity index (χ2v) is 6.42. The van der Waals surface area contributed by atoms with Crippen molar-refractivity contribution < 1.29 is 19.4 Å². The number of hydrogen-bond donors (Lipinski definition) is 2. The number of anilines is 1. The van der Waals surface area contributed by atoms with Crippen LogP contribution in [-0.2, 0) is 11.3 Å². The Balaban J connectivity index is 1.45. The third-order valence-corrected chi connectivity index (χ3v) is 4.42. The van der Waals surface area contributed by atoms with Gasteiger partial charge in [-0.25, -0.2) is 0 Å². The zero-order chi connectivity index (χ0) is 18.4. The summed E-state index contributed by atoms with van der Waals surface area (Å²) in [6.45, 7) is 3.34. The van der Waals surface area contributed by atoms with Crippen molar-refractivity contribution in [2.24, 2.45) is 0 Å². The average Bonchev–Trinajstić information content (AvgIpc) is 3.15. The molecule has 1 amide bonds. The summed E-state index contributed by atoms with van der Waals surface area (Å²) in [5, 5.41) is 13.4. The summed E-state index contributed by atoms with van der Waals surface area (Å²) in [4.78, 5) is 23.7. The van der Waals surface area contributed by atoms with Crippen molar-refractivity contribution in [3.8, 4) is 5.75 Å². The summed E-state index contributed by atoms with van der Waals surface area (Å²) in [5.74, 6) is 0.135. The maximum Gasteiger partial charge on any atom is 0.269 e. The number of likely N-dealkylation sites (tertiary alicyclic amines) is 1. The van der Waals surface area contributed by atoms with E-state index in [0.717, 1.165) is 12.2 Å². The number of hydrogen-bond acceptors (Lipinski definition) is 4. The monoisotopic (exact) mass is 356 g/mol. The maximum absolute atomic E-state index is 12.0. The van der Waals surface area contributed by atoms with Gasteiger partial charge in [0.15, 0.2) is 6.61 Å². The van der Waals surface area contributed by atoms with Crippen molar-refractivity contribution in [3.63, 3.8) is 0 Å². The fraction of sp³-hybridized carbons (Fsp3) is 0.316. The van der Waals surface area contributed by atoms with Crippen molar-refractivity contribution >= 4 is 17.3 Å². The predicted molar refractivity (Wildman–Crippen MR) is 97.3 cm³/mol. The highest BCUT2D eigenvalue weighted by atomic mass is 16.6. The molecule has 0 aromatic heterocycles. The van der Waals surface area contributed by atoms with E-state index in [2.05, 4.69) is 5.32 Å². The van der Waals surface area contributed by atoms with Gasteiger partial charge in [0.2, 0.25) is 0 Å². The minimum Gasteiger partial charge on any atom is -0.484 e. The molecule has 7 heteroatoms. The molecule has 3 rings (SSSR count). The molecular weight excluding hydrogens is 334 g/mol. The first-order valence-corrected chi connectivity index (χ1v) is 8.70. The summed E-state index contributed by atoms with van der Waals surface area (Å²) in [6.07, 6.45) is 2.61. The van der Waals surface area contributed by atoms with Gasteiger partial charge in [0.05, 0.1) is 18.0 Å². The topological polar surface area (TPSA) is 85.9 Å². The third kappa shape index (κ3) is 5.03. The summed E-state index contributed by atoms with van der Waals surface area (Å²) in [6, 6.07) is 13.5. The van der Waals surface area contributed by atoms with Crippen molar-refractivity contribution in [2.75, 3.05) is 25.0 Å². The number of non-ortho nitro benzene ring substituents is 1. The molecule has 0 atom stereocenters. The molecule has 26 heavy (non-hydrogen) atoms. The van der Waals surface area contributed by atoms with Gasteiger partial charge in [0, 0.05) is 36.2 Å². The van der Waals surface area contributed by atoms with Crippen LogP contribution in [-0.4, -0.2) is 30.5 Å². The van der Waals surface area contributed by atoms with Gasteiger partial charge < -0.3 is 15.0 Å². The van der Waals surface area contributed by atoms with Gasteiger partial charge in [-0.2, -0.15) is 0 Å². The van der Waals surface area contributed by atoms with E-state index in [0.29, 0.717) is 5.75 Å². The van der Waals surface area contributed by atoms with Gasteiger partial charge in [-0.05, 0) is 24.3 Å². The van der Waals surface area contributed by atoms with E-state index in [4.69, 9.17) is 4.74 Å². The number of rotatable bonds is 7. The van der Waals surface area contributed by atoms with Crippen LogP contribution >= 0.6 is 0 Å². The van der Waals surface area contributed by atoms with Crippen LogP contribution in [0.1, 0.15) is 18.4 Å². The Hall–Kier alpha value is -2.93. The first-order chi connectivity index (χ1) is 12.6. The highest BCUT2D eigenvalue weighted by Gasteiger charge is 2.15. The Morgan fingerprint density at radius 3 is 2.35 bits per heavy atom. The van der Waals surface area contributed by atoms with Crippen molar-refractivity contribution in [1.82, 2.24) is 0 Å². The molecule has 1 fully saturated rings. The van der Waals surface area contributed by atoms with Crippen LogP contribution in [0.5, 0.6) is 5.75 Å². The second kappa shape index (κ2) is 8.44. The Labute approximate surface area is 151 Å². The number of nitro groups is 1. The van der Waals surface area contributed by atoms with Crippen molar-refractivity contribution in [3.05, 3.63) is 64.2 Å². The Bertz CT molecular complexity index is 753. The average molecular weight is 356 g/mol. The third-order valence-electron chi connectivity index (χ3n) is 4.42. The van der Waals surface area contributed by atoms with Gasteiger partial charge in [-0.15, -0.1) is 0 Å². The first kappa shape index (κ1) is 17.9. The van der Waals surface area contributed by atoms with E-state index in [1.165, 1.54) is 55.8 Å². The van der Waals surface area contributed by atoms with Gasteiger partial charge in [0.1, 0.15) is 12.3 Å². The predicted octanol–water partition coefficient (Wildman–Crippen LogP) is 1.79. The molecule has 2 aromatic rings. The molecule has 1 heterocycles. The zero-order valence-corrected chi connectivity index (χ0v) is 14.4. The molecule has 7 nitrogen and oxygen atoms in total. The fourth-order valence-corrected chi connectivity index (χ4v) is 3.06. The first-order valence-electron chi connectivity index (χ1n) is 8.70. The molecule has 0 bridgehead atoms. The normalized spacial score (nSPS) is 14.2. The Morgan fingerprint density at radius 1 is 1.08 bits per heavy atom. The maximum atomic E-state index is 12.0. The molecule has 0 spiro atoms. The lowest BCUT2D eigenvalue weighted by Crippen LogP contribution is -3.08. The van der Waals surface area contributed by atoms with Crippen molar-refractivity contribution in [2.45, 2.75) is 19.4 Å². The number of ether oxygens (including phenoxy) is 1. The number of amides is 1. The van der Waals surface area contributed by atoms with Gasteiger partial charge in [-0.1, -0.05) is 12.1 Å². The molecule has 1 aliphatic heterocycles. The Kier molecular flexibility index (Phi) is 5.80. The molecule has 136 valence electrons. The van der Waals surface area contributed by atoms with E-state index in [-0.39, 0.29) is 18.2 Å². The number of nitrogens with one attached hydrogen (secondary N) is 2. The van der Waals surface area contributed by atoms with E-state index in [9.17, 15) is 14.9 Å². The van der Waals surface area contributed by atoms with Crippen LogP contribution in [0.3, 0.4) is 0 Å². The SMILES string of the molecule is O=C(COc1ccc([N+](=O)[O-])cc1)Nc1ccc(C[NH+]2CCCC2)cc1. The van der Waals surface area contributed by atoms with E-state index in [1.807, 2.05) is 24.3 Å². The minimum atomic E-state index is -0.481. The lowest BCUT2D eigenvalue weighted by atomic mass is 10.2. The molecule has 2 N–H and O–H groups in total. The molecule has 1 saturated heterocycles. The lowest BCUT2D eigenvalue weighted by molar-refractivity contribution is -0.901. The van der Waals surface area contributed by atoms with Crippen LogP contribution in [0, 0.1) is 10.1 Å². The minimum absolute atomic E-state index is 0.0161. The molecule has 0 radical (unpaired) electrons. The van der Waals surface area contributed by atoms with Crippen LogP contribution in [0.15, 0.2) is 48.5 Å². The van der Waals surface area contributed by atoms with Crippen LogP contribution in [0.2, 0.25) is 0 Å². The largest absolute Gasteiger partial charge is 0.484 e. The smallest absolute Gasteiger partial charge is 0.269 e. The standard InChI is InChI=1S/C19H21N3O4/c23-19(14-26-18-9-7-17(8-10-18)22(24)25)20-16-5-3-15(4-6-16)13-21-11-1-2-12-21/h3-10H,1-2,11-14H2,(H,20,23)/p+1. The number of nitrogens with zero attached hydrogens (tertiary/aromatic N) is 1. The fourth-order valence-electron chi connectivity index (χ4n) is 3.06. The molecule has 1 aliphatic rings. The summed E-state index contributed by atoms with van der Waals surface area (Å²) < 4.78 is 5.35. The highest BCUT2D eigenvalue weighted by molar-refractivity contribution is 5.91. The molecule has 0 saturated carbocycles. The molecule has 0 unspecified atom stereocenters. The number of carbonyl (C=O) groups is 1. The van der Waals surface area contributed by atoms with E-state index < -0.39 is 4.92 Å². The molecule has 0 aliphatic carbocycles. The van der Waals surface area contributed by atoms with Crippen LogP contribution in [0.4, 0.5) is 11.4 Å². The number of quaternary nitrogens is 1. The zero-order valence-electron chi connectivity index (χ0n) is 14.4. The van der Waals surface area contributed by atoms with Crippen LogP contribution < -0.4 is 15.0 Å². The van der Waals surface area contributed by atoms with Crippen molar-refractivity contribution in [1.29, 1.82) is 0 Å². The van der Waals surface area contributed by atoms with Crippen LogP contribution in [0.25, 0.3) is 0 Å². The summed E-state index contributed by atoms with van der Waals surface area (Å²) in [5.41, 5.74) is 1.97. The number of nitro benzene ring substituents is 1. The lowest BCUT2D eigenvalue weighted by Gasteiger charge is -2.12. The molecule has 2 aromatic carbocycles. The number of carbonyl (C=O) groups excluding carboxylic acids is 1. The van der Waals surface area contributed by atoms with Gasteiger partial charge >= 0.3 is 0 Å².